The molecule has 2 heteroatoms. The molecule has 0 aromatic heterocycles. The van der Waals surface area contributed by atoms with Crippen LogP contribution in [0.3, 0.4) is 0 Å². The first-order chi connectivity index (χ1) is 8.90. The van der Waals surface area contributed by atoms with Crippen molar-refractivity contribution < 1.29 is 5.02 Å². The maximum absolute atomic E-state index is 9.27. The van der Waals surface area contributed by atoms with Gasteiger partial charge in [0.05, 0.1) is 0 Å². The second kappa shape index (κ2) is 4.67. The second-order valence-corrected chi connectivity index (χ2v) is 4.24. The van der Waals surface area contributed by atoms with Gasteiger partial charge in [0.25, 0.3) is 0 Å². The standard InChI is InChI=1S/C16H12BO/c18-17-16-11-5-9-14-13(8-4-10-15(14)16)12-6-2-1-3-7-12/h1-11,18H. The maximum atomic E-state index is 9.27. The topological polar surface area (TPSA) is 20.2 Å². The van der Waals surface area contributed by atoms with Crippen LogP contribution in [0.1, 0.15) is 0 Å². The molecule has 0 fully saturated rings. The van der Waals surface area contributed by atoms with E-state index in [1.165, 1.54) is 11.1 Å². The Bertz CT molecular complexity index is 677. The SMILES string of the molecule is O[B]c1cccc2c(-c3ccccc3)cccc12. The van der Waals surface area contributed by atoms with Crippen molar-refractivity contribution in [3.8, 4) is 11.1 Å². The number of benzene rings is 3. The molecule has 0 saturated heterocycles. The van der Waals surface area contributed by atoms with Crippen molar-refractivity contribution in [2.45, 2.75) is 0 Å². The van der Waals surface area contributed by atoms with Gasteiger partial charge < -0.3 is 5.02 Å². The van der Waals surface area contributed by atoms with Crippen LogP contribution in [0.25, 0.3) is 21.9 Å². The first-order valence-corrected chi connectivity index (χ1v) is 5.95. The van der Waals surface area contributed by atoms with E-state index in [0.29, 0.717) is 0 Å². The van der Waals surface area contributed by atoms with Gasteiger partial charge in [-0.1, -0.05) is 66.7 Å². The Hall–Kier alpha value is -2.06. The Balaban J connectivity index is 2.32. The van der Waals surface area contributed by atoms with Gasteiger partial charge in [-0.15, -0.1) is 0 Å². The summed E-state index contributed by atoms with van der Waals surface area (Å²) in [6.07, 6.45) is 0. The van der Waals surface area contributed by atoms with Crippen molar-refractivity contribution in [3.63, 3.8) is 0 Å². The lowest BCUT2D eigenvalue weighted by Gasteiger charge is -2.09. The summed E-state index contributed by atoms with van der Waals surface area (Å²) in [5, 5.41) is 11.5. The van der Waals surface area contributed by atoms with Crippen LogP contribution < -0.4 is 5.46 Å². The van der Waals surface area contributed by atoms with Crippen LogP contribution in [-0.2, 0) is 0 Å². The van der Waals surface area contributed by atoms with Crippen LogP contribution in [-0.4, -0.2) is 12.5 Å². The number of fused-ring (bicyclic) bond motifs is 1. The van der Waals surface area contributed by atoms with E-state index >= 15 is 0 Å². The predicted octanol–water partition coefficient (Wildman–Crippen LogP) is 2.74. The summed E-state index contributed by atoms with van der Waals surface area (Å²) in [5.41, 5.74) is 3.24. The minimum atomic E-state index is 0.852. The molecule has 3 aromatic rings. The van der Waals surface area contributed by atoms with E-state index in [4.69, 9.17) is 0 Å². The summed E-state index contributed by atoms with van der Waals surface area (Å²) in [6, 6.07) is 22.4. The normalized spacial score (nSPS) is 10.5. The summed E-state index contributed by atoms with van der Waals surface area (Å²) in [6.45, 7) is 0. The molecular formula is C16H12BO. The van der Waals surface area contributed by atoms with Gasteiger partial charge >= 0.3 is 7.48 Å². The highest BCUT2D eigenvalue weighted by atomic mass is 16.2. The fourth-order valence-corrected chi connectivity index (χ4v) is 2.32. The summed E-state index contributed by atoms with van der Waals surface area (Å²) >= 11 is 0. The average Bonchev–Trinajstić information content (AvgIpc) is 2.47. The molecule has 1 N–H and O–H groups in total. The van der Waals surface area contributed by atoms with Crippen LogP contribution >= 0.6 is 0 Å². The third-order valence-corrected chi connectivity index (χ3v) is 3.18. The van der Waals surface area contributed by atoms with Crippen molar-refractivity contribution in [1.82, 2.24) is 0 Å². The first-order valence-electron chi connectivity index (χ1n) is 5.95. The molecule has 0 unspecified atom stereocenters. The quantitative estimate of drug-likeness (QED) is 0.672. The van der Waals surface area contributed by atoms with E-state index in [-0.39, 0.29) is 0 Å². The van der Waals surface area contributed by atoms with Crippen LogP contribution in [0.4, 0.5) is 0 Å². The highest BCUT2D eigenvalue weighted by Crippen LogP contribution is 2.27. The van der Waals surface area contributed by atoms with Gasteiger partial charge in [0, 0.05) is 0 Å². The largest absolute Gasteiger partial charge is 0.450 e. The minimum Gasteiger partial charge on any atom is -0.450 e. The third kappa shape index (κ3) is 1.81. The molecular weight excluding hydrogens is 219 g/mol. The Kier molecular flexibility index (Phi) is 2.87. The van der Waals surface area contributed by atoms with Crippen LogP contribution in [0, 0.1) is 0 Å². The van der Waals surface area contributed by atoms with E-state index < -0.39 is 0 Å². The molecule has 0 aliphatic carbocycles. The lowest BCUT2D eigenvalue weighted by Crippen LogP contribution is -2.14. The van der Waals surface area contributed by atoms with Gasteiger partial charge in [0.15, 0.2) is 0 Å². The second-order valence-electron chi connectivity index (χ2n) is 4.24. The van der Waals surface area contributed by atoms with Gasteiger partial charge in [0.2, 0.25) is 0 Å². The Morgan fingerprint density at radius 3 is 2.17 bits per heavy atom. The monoisotopic (exact) mass is 231 g/mol. The lowest BCUT2D eigenvalue weighted by atomic mass is 9.83. The molecule has 0 amide bonds. The van der Waals surface area contributed by atoms with E-state index in [9.17, 15) is 5.02 Å². The Morgan fingerprint density at radius 1 is 0.667 bits per heavy atom. The van der Waals surface area contributed by atoms with E-state index in [2.05, 4.69) is 24.3 Å². The average molecular weight is 231 g/mol. The molecule has 3 aromatic carbocycles. The van der Waals surface area contributed by atoms with Gasteiger partial charge in [-0.3, -0.25) is 0 Å². The van der Waals surface area contributed by atoms with Crippen molar-refractivity contribution in [3.05, 3.63) is 66.7 Å². The van der Waals surface area contributed by atoms with Crippen LogP contribution in [0.5, 0.6) is 0 Å². The highest BCUT2D eigenvalue weighted by molar-refractivity contribution is 6.50. The van der Waals surface area contributed by atoms with Gasteiger partial charge in [-0.05, 0) is 27.4 Å². The molecule has 0 heterocycles. The summed E-state index contributed by atoms with van der Waals surface area (Å²) < 4.78 is 0. The van der Waals surface area contributed by atoms with Crippen molar-refractivity contribution in [1.29, 1.82) is 0 Å². The van der Waals surface area contributed by atoms with Gasteiger partial charge in [0.1, 0.15) is 0 Å². The molecule has 0 saturated carbocycles. The summed E-state index contributed by atoms with van der Waals surface area (Å²) in [7, 11) is 1.16. The van der Waals surface area contributed by atoms with E-state index in [0.717, 1.165) is 23.7 Å². The maximum Gasteiger partial charge on any atom is 0.327 e. The zero-order chi connectivity index (χ0) is 12.4. The van der Waals surface area contributed by atoms with E-state index in [1.54, 1.807) is 0 Å². The first kappa shape index (κ1) is 11.1. The predicted molar refractivity (Wildman–Crippen MR) is 77.0 cm³/mol. The summed E-state index contributed by atoms with van der Waals surface area (Å²) in [4.78, 5) is 0. The highest BCUT2D eigenvalue weighted by Gasteiger charge is 2.06. The zero-order valence-corrected chi connectivity index (χ0v) is 9.88. The smallest absolute Gasteiger partial charge is 0.327 e. The molecule has 0 spiro atoms. The molecule has 18 heavy (non-hydrogen) atoms. The van der Waals surface area contributed by atoms with Crippen molar-refractivity contribution in [2.75, 3.05) is 0 Å². The summed E-state index contributed by atoms with van der Waals surface area (Å²) in [5.74, 6) is 0. The van der Waals surface area contributed by atoms with Crippen LogP contribution in [0.15, 0.2) is 66.7 Å². The zero-order valence-electron chi connectivity index (χ0n) is 9.88. The lowest BCUT2D eigenvalue weighted by molar-refractivity contribution is 0.616. The molecule has 3 rings (SSSR count). The van der Waals surface area contributed by atoms with Gasteiger partial charge in [-0.2, -0.15) is 0 Å². The molecule has 0 bridgehead atoms. The molecule has 85 valence electrons. The number of rotatable bonds is 2. The fraction of sp³-hybridized carbons (Fsp3) is 0. The minimum absolute atomic E-state index is 0.852. The van der Waals surface area contributed by atoms with E-state index in [1.807, 2.05) is 42.5 Å². The number of hydrogen-bond acceptors (Lipinski definition) is 1. The van der Waals surface area contributed by atoms with Crippen molar-refractivity contribution in [2.24, 2.45) is 0 Å². The molecule has 1 nitrogen and oxygen atoms in total. The van der Waals surface area contributed by atoms with Crippen molar-refractivity contribution >= 4 is 23.7 Å². The molecule has 0 aliphatic heterocycles. The third-order valence-electron chi connectivity index (χ3n) is 3.18. The fourth-order valence-electron chi connectivity index (χ4n) is 2.32. The van der Waals surface area contributed by atoms with Crippen LogP contribution in [0.2, 0.25) is 0 Å². The molecule has 0 atom stereocenters. The Labute approximate surface area is 107 Å². The number of hydrogen-bond donors (Lipinski definition) is 1. The molecule has 1 radical (unpaired) electrons. The Morgan fingerprint density at radius 2 is 1.39 bits per heavy atom. The van der Waals surface area contributed by atoms with Gasteiger partial charge in [-0.25, -0.2) is 0 Å². The molecule has 0 aliphatic rings.